The van der Waals surface area contributed by atoms with Crippen LogP contribution in [0.2, 0.25) is 0 Å². The van der Waals surface area contributed by atoms with Crippen molar-refractivity contribution in [3.63, 3.8) is 0 Å². The lowest BCUT2D eigenvalue weighted by atomic mass is 10.1. The monoisotopic (exact) mass is 393 g/mol. The van der Waals surface area contributed by atoms with Crippen LogP contribution in [0.5, 0.6) is 0 Å². The maximum atomic E-state index is 13.0. The van der Waals surface area contributed by atoms with Gasteiger partial charge in [0.2, 0.25) is 0 Å². The van der Waals surface area contributed by atoms with Gasteiger partial charge in [0.15, 0.2) is 0 Å². The van der Waals surface area contributed by atoms with Gasteiger partial charge >= 0.3 is 0 Å². The predicted octanol–water partition coefficient (Wildman–Crippen LogP) is 2.53. The van der Waals surface area contributed by atoms with Crippen molar-refractivity contribution < 1.29 is 9.84 Å². The molecule has 6 heteroatoms. The number of aliphatic hydroxyl groups is 1. The van der Waals surface area contributed by atoms with Gasteiger partial charge in [0.05, 0.1) is 35.9 Å². The van der Waals surface area contributed by atoms with Crippen LogP contribution >= 0.6 is 0 Å². The summed E-state index contributed by atoms with van der Waals surface area (Å²) in [5.41, 5.74) is 1.52. The number of nitrogens with zero attached hydrogens (tertiary/aromatic N) is 3. The zero-order valence-electron chi connectivity index (χ0n) is 16.9. The highest BCUT2D eigenvalue weighted by atomic mass is 16.5. The fourth-order valence-electron chi connectivity index (χ4n) is 4.16. The molecule has 0 spiro atoms. The van der Waals surface area contributed by atoms with Crippen molar-refractivity contribution in [3.05, 3.63) is 65.0 Å². The first-order chi connectivity index (χ1) is 14.0. The number of hydrogen-bond donors (Lipinski definition) is 1. The quantitative estimate of drug-likeness (QED) is 0.722. The molecule has 0 unspecified atom stereocenters. The Kier molecular flexibility index (Phi) is 5.76. The van der Waals surface area contributed by atoms with Crippen LogP contribution in [0.3, 0.4) is 0 Å². The van der Waals surface area contributed by atoms with Crippen molar-refractivity contribution in [1.29, 1.82) is 0 Å². The van der Waals surface area contributed by atoms with Crippen LogP contribution in [0, 0.1) is 0 Å². The Hall–Kier alpha value is -2.54. The highest BCUT2D eigenvalue weighted by Crippen LogP contribution is 2.24. The van der Waals surface area contributed by atoms with Crippen LogP contribution in [0.25, 0.3) is 22.0 Å². The van der Waals surface area contributed by atoms with E-state index in [2.05, 4.69) is 10.00 Å². The van der Waals surface area contributed by atoms with Gasteiger partial charge in [0.25, 0.3) is 5.56 Å². The Bertz CT molecular complexity index is 1020. The molecule has 0 radical (unpaired) electrons. The minimum Gasteiger partial charge on any atom is -0.390 e. The number of ether oxygens (including phenoxy) is 1. The molecular formula is C23H27N3O3. The number of benzene rings is 2. The minimum atomic E-state index is -0.692. The number of morpholine rings is 1. The van der Waals surface area contributed by atoms with Gasteiger partial charge < -0.3 is 9.84 Å². The van der Waals surface area contributed by atoms with E-state index in [4.69, 9.17) is 4.74 Å². The first-order valence-corrected chi connectivity index (χ1v) is 10.1. The maximum absolute atomic E-state index is 13.0. The van der Waals surface area contributed by atoms with E-state index in [0.29, 0.717) is 11.9 Å². The van der Waals surface area contributed by atoms with Gasteiger partial charge in [-0.15, -0.1) is 0 Å². The molecule has 1 N–H and O–H groups in total. The Morgan fingerprint density at radius 1 is 1.00 bits per heavy atom. The molecular weight excluding hydrogens is 366 g/mol. The summed E-state index contributed by atoms with van der Waals surface area (Å²) < 4.78 is 7.16. The Balaban J connectivity index is 1.64. The fraction of sp³-hybridized carbons (Fsp3) is 0.391. The average molecular weight is 393 g/mol. The predicted molar refractivity (Wildman–Crippen MR) is 114 cm³/mol. The van der Waals surface area contributed by atoms with E-state index in [1.54, 1.807) is 0 Å². The van der Waals surface area contributed by atoms with Crippen molar-refractivity contribution in [2.45, 2.75) is 38.7 Å². The third kappa shape index (κ3) is 4.40. The molecule has 1 saturated heterocycles. The molecule has 152 valence electrons. The summed E-state index contributed by atoms with van der Waals surface area (Å²) in [6, 6.07) is 17.3. The molecule has 4 rings (SSSR count). The van der Waals surface area contributed by atoms with E-state index < -0.39 is 6.10 Å². The molecule has 2 heterocycles. The van der Waals surface area contributed by atoms with Gasteiger partial charge in [-0.05, 0) is 19.9 Å². The summed E-state index contributed by atoms with van der Waals surface area (Å²) in [6.45, 7) is 6.27. The Labute approximate surface area is 170 Å². The third-order valence-corrected chi connectivity index (χ3v) is 5.26. The zero-order valence-corrected chi connectivity index (χ0v) is 16.9. The lowest BCUT2D eigenvalue weighted by molar-refractivity contribution is -0.0774. The smallest absolute Gasteiger partial charge is 0.274 e. The first-order valence-electron chi connectivity index (χ1n) is 10.1. The average Bonchev–Trinajstić information content (AvgIpc) is 2.70. The van der Waals surface area contributed by atoms with Gasteiger partial charge in [0, 0.05) is 30.6 Å². The van der Waals surface area contributed by atoms with E-state index in [9.17, 15) is 9.90 Å². The molecule has 3 aromatic rings. The van der Waals surface area contributed by atoms with Gasteiger partial charge in [-0.1, -0.05) is 48.5 Å². The Morgan fingerprint density at radius 3 is 2.31 bits per heavy atom. The summed E-state index contributed by atoms with van der Waals surface area (Å²) in [6.07, 6.45) is -0.420. The van der Waals surface area contributed by atoms with Gasteiger partial charge in [-0.3, -0.25) is 9.69 Å². The molecule has 6 nitrogen and oxygen atoms in total. The zero-order chi connectivity index (χ0) is 20.4. The van der Waals surface area contributed by atoms with Crippen LogP contribution in [-0.2, 0) is 11.3 Å². The van der Waals surface area contributed by atoms with Crippen LogP contribution in [-0.4, -0.2) is 57.7 Å². The highest BCUT2D eigenvalue weighted by Gasteiger charge is 2.24. The number of aliphatic hydroxyl groups excluding tert-OH is 1. The summed E-state index contributed by atoms with van der Waals surface area (Å²) in [5, 5.41) is 16.8. The lowest BCUT2D eigenvalue weighted by Gasteiger charge is -2.36. The molecule has 29 heavy (non-hydrogen) atoms. The van der Waals surface area contributed by atoms with E-state index in [-0.39, 0.29) is 24.3 Å². The van der Waals surface area contributed by atoms with Crippen molar-refractivity contribution >= 4 is 10.8 Å². The minimum absolute atomic E-state index is 0.136. The van der Waals surface area contributed by atoms with E-state index in [0.717, 1.165) is 29.7 Å². The number of aromatic nitrogens is 2. The largest absolute Gasteiger partial charge is 0.390 e. The number of β-amino-alcohol motifs (C(OH)–C–C–N with tert-alkyl or cyclic N) is 1. The highest BCUT2D eigenvalue weighted by molar-refractivity contribution is 5.93. The van der Waals surface area contributed by atoms with Gasteiger partial charge in [0.1, 0.15) is 0 Å². The standard InChI is InChI=1S/C23H27N3O3/c1-16-12-25(13-17(2)29-16)14-19(27)15-26-23(28)21-11-7-6-10-20(21)22(24-26)18-8-4-3-5-9-18/h3-11,16-17,19,27H,12-15H2,1-2H3/t16-,17+,19-/m0/s1. The normalized spacial score (nSPS) is 21.3. The maximum Gasteiger partial charge on any atom is 0.274 e. The van der Waals surface area contributed by atoms with Crippen molar-refractivity contribution in [2.75, 3.05) is 19.6 Å². The summed E-state index contributed by atoms with van der Waals surface area (Å²) in [5.74, 6) is 0. The van der Waals surface area contributed by atoms with Gasteiger partial charge in [-0.2, -0.15) is 5.10 Å². The molecule has 1 aromatic heterocycles. The molecule has 1 aliphatic heterocycles. The van der Waals surface area contributed by atoms with Crippen LogP contribution in [0.4, 0.5) is 0 Å². The van der Waals surface area contributed by atoms with Crippen molar-refractivity contribution in [1.82, 2.24) is 14.7 Å². The first kappa shape index (κ1) is 19.8. The van der Waals surface area contributed by atoms with Crippen molar-refractivity contribution in [2.24, 2.45) is 0 Å². The summed E-state index contributed by atoms with van der Waals surface area (Å²) in [7, 11) is 0. The SMILES string of the molecule is C[C@@H]1CN(C[C@H](O)Cn2nc(-c3ccccc3)c3ccccc3c2=O)C[C@H](C)O1. The second-order valence-electron chi connectivity index (χ2n) is 7.88. The molecule has 1 fully saturated rings. The topological polar surface area (TPSA) is 67.6 Å². The lowest BCUT2D eigenvalue weighted by Crippen LogP contribution is -2.49. The number of fused-ring (bicyclic) bond motifs is 1. The summed E-state index contributed by atoms with van der Waals surface area (Å²) >= 11 is 0. The van der Waals surface area contributed by atoms with Crippen molar-refractivity contribution in [3.8, 4) is 11.3 Å². The Morgan fingerprint density at radius 2 is 1.62 bits per heavy atom. The molecule has 0 amide bonds. The van der Waals surface area contributed by atoms with Crippen LogP contribution in [0.1, 0.15) is 13.8 Å². The molecule has 1 aliphatic rings. The number of rotatable bonds is 5. The van der Waals surface area contributed by atoms with E-state index in [1.165, 1.54) is 4.68 Å². The summed E-state index contributed by atoms with van der Waals surface area (Å²) in [4.78, 5) is 15.2. The molecule has 0 saturated carbocycles. The second kappa shape index (κ2) is 8.45. The molecule has 0 aliphatic carbocycles. The van der Waals surface area contributed by atoms with Crippen LogP contribution < -0.4 is 5.56 Å². The molecule has 0 bridgehead atoms. The molecule has 2 aromatic carbocycles. The fourth-order valence-corrected chi connectivity index (χ4v) is 4.16. The van der Waals surface area contributed by atoms with E-state index in [1.807, 2.05) is 68.4 Å². The third-order valence-electron chi connectivity index (χ3n) is 5.26. The second-order valence-corrected chi connectivity index (χ2v) is 7.88. The number of hydrogen-bond acceptors (Lipinski definition) is 5. The van der Waals surface area contributed by atoms with E-state index >= 15 is 0 Å². The van der Waals surface area contributed by atoms with Gasteiger partial charge in [-0.25, -0.2) is 4.68 Å². The molecule has 3 atom stereocenters. The van der Waals surface area contributed by atoms with Crippen LogP contribution in [0.15, 0.2) is 59.4 Å².